The Kier molecular flexibility index (Phi) is 6.20. The van der Waals surface area contributed by atoms with Crippen LogP contribution in [0.1, 0.15) is 65.7 Å². The molecule has 2 heterocycles. The molecule has 4 rings (SSSR count). The summed E-state index contributed by atoms with van der Waals surface area (Å²) in [5.41, 5.74) is -0.269. The molecule has 1 saturated heterocycles. The van der Waals surface area contributed by atoms with Crippen LogP contribution in [0, 0.1) is 16.0 Å². The van der Waals surface area contributed by atoms with Crippen LogP contribution in [-0.4, -0.2) is 64.0 Å². The number of hydrogen-bond acceptors (Lipinski definition) is 6. The van der Waals surface area contributed by atoms with Gasteiger partial charge in [0.1, 0.15) is 6.54 Å². The number of nitrogens with zero attached hydrogens (tertiary/aromatic N) is 3. The number of likely N-dealkylation sites (tertiary alicyclic amines) is 1. The van der Waals surface area contributed by atoms with E-state index in [2.05, 4.69) is 5.32 Å². The van der Waals surface area contributed by atoms with Gasteiger partial charge in [0.25, 0.3) is 17.5 Å². The average Bonchev–Trinajstić information content (AvgIpc) is 3.04. The number of benzene rings is 1. The molecule has 170 valence electrons. The number of nitro groups is 1. The second-order valence-electron chi connectivity index (χ2n) is 8.68. The van der Waals surface area contributed by atoms with Gasteiger partial charge in [-0.3, -0.25) is 34.2 Å². The number of rotatable bonds is 5. The van der Waals surface area contributed by atoms with Gasteiger partial charge in [0.2, 0.25) is 11.8 Å². The molecule has 0 radical (unpaired) electrons. The van der Waals surface area contributed by atoms with Crippen LogP contribution in [0.15, 0.2) is 18.2 Å². The molecule has 3 aliphatic rings. The molecule has 10 nitrogen and oxygen atoms in total. The van der Waals surface area contributed by atoms with Crippen LogP contribution in [0.2, 0.25) is 0 Å². The average molecular weight is 442 g/mol. The van der Waals surface area contributed by atoms with E-state index in [9.17, 15) is 29.3 Å². The van der Waals surface area contributed by atoms with Gasteiger partial charge in [-0.1, -0.05) is 19.3 Å². The first kappa shape index (κ1) is 21.9. The highest BCUT2D eigenvalue weighted by Crippen LogP contribution is 2.27. The van der Waals surface area contributed by atoms with Crippen molar-refractivity contribution in [3.63, 3.8) is 0 Å². The van der Waals surface area contributed by atoms with Crippen molar-refractivity contribution in [1.82, 2.24) is 15.1 Å². The van der Waals surface area contributed by atoms with Crippen molar-refractivity contribution in [3.8, 4) is 0 Å². The van der Waals surface area contributed by atoms with Gasteiger partial charge >= 0.3 is 0 Å². The number of nitrogens with one attached hydrogen (secondary N) is 1. The molecule has 4 amide bonds. The van der Waals surface area contributed by atoms with Crippen molar-refractivity contribution >= 4 is 29.3 Å². The van der Waals surface area contributed by atoms with E-state index in [0.717, 1.165) is 36.6 Å². The summed E-state index contributed by atoms with van der Waals surface area (Å²) < 4.78 is 0. The summed E-state index contributed by atoms with van der Waals surface area (Å²) in [5, 5.41) is 14.1. The second kappa shape index (κ2) is 9.05. The normalized spacial score (nSPS) is 19.8. The highest BCUT2D eigenvalue weighted by molar-refractivity contribution is 6.22. The van der Waals surface area contributed by atoms with Gasteiger partial charge in [-0.05, 0) is 31.7 Å². The number of carbonyl (C=O) groups is 4. The van der Waals surface area contributed by atoms with Crippen molar-refractivity contribution < 1.29 is 24.1 Å². The summed E-state index contributed by atoms with van der Waals surface area (Å²) in [6, 6.07) is 3.51. The van der Waals surface area contributed by atoms with E-state index in [1.165, 1.54) is 18.6 Å². The Morgan fingerprint density at radius 1 is 1.00 bits per heavy atom. The number of hydrogen-bond donors (Lipinski definition) is 1. The summed E-state index contributed by atoms with van der Waals surface area (Å²) in [6.45, 7) is 0.464. The molecule has 10 heteroatoms. The molecule has 1 aromatic rings. The molecular formula is C22H26N4O6. The molecule has 0 atom stereocenters. The van der Waals surface area contributed by atoms with Crippen LogP contribution in [0.25, 0.3) is 0 Å². The first-order valence-corrected chi connectivity index (χ1v) is 11.1. The van der Waals surface area contributed by atoms with E-state index in [-0.39, 0.29) is 40.6 Å². The molecule has 2 aliphatic heterocycles. The zero-order valence-corrected chi connectivity index (χ0v) is 17.7. The Labute approximate surface area is 185 Å². The van der Waals surface area contributed by atoms with E-state index < -0.39 is 23.3 Å². The minimum absolute atomic E-state index is 0.0216. The monoisotopic (exact) mass is 442 g/mol. The number of piperidine rings is 1. The smallest absolute Gasteiger partial charge is 0.270 e. The van der Waals surface area contributed by atoms with Gasteiger partial charge in [-0.15, -0.1) is 0 Å². The van der Waals surface area contributed by atoms with Crippen molar-refractivity contribution in [1.29, 1.82) is 0 Å². The molecule has 1 saturated carbocycles. The fraction of sp³-hybridized carbons (Fsp3) is 0.545. The van der Waals surface area contributed by atoms with E-state index >= 15 is 0 Å². The predicted octanol–water partition coefficient (Wildman–Crippen LogP) is 1.88. The number of fused-ring (bicyclic) bond motifs is 1. The van der Waals surface area contributed by atoms with Crippen molar-refractivity contribution in [2.24, 2.45) is 5.92 Å². The lowest BCUT2D eigenvalue weighted by atomic mass is 9.88. The van der Waals surface area contributed by atoms with E-state index in [1.54, 1.807) is 4.90 Å². The molecule has 0 unspecified atom stereocenters. The lowest BCUT2D eigenvalue weighted by Crippen LogP contribution is -2.50. The van der Waals surface area contributed by atoms with E-state index in [1.807, 2.05) is 0 Å². The Balaban J connectivity index is 1.30. The molecule has 0 bridgehead atoms. The standard InChI is InChI=1S/C22H26N4O6/c27-19(13-25-21(29)17-7-6-16(26(31)32)12-18(17)22(25)30)24-10-8-15(9-11-24)23-20(28)14-4-2-1-3-5-14/h6-7,12,14-15H,1-5,8-11,13H2,(H,23,28). The van der Waals surface area contributed by atoms with Gasteiger partial charge < -0.3 is 10.2 Å². The topological polar surface area (TPSA) is 130 Å². The maximum Gasteiger partial charge on any atom is 0.270 e. The Bertz CT molecular complexity index is 963. The number of amides is 4. The minimum atomic E-state index is -0.698. The SMILES string of the molecule is O=C(NC1CCN(C(=O)CN2C(=O)c3ccc([N+](=O)[O-])cc3C2=O)CC1)C1CCCCC1. The summed E-state index contributed by atoms with van der Waals surface area (Å²) in [7, 11) is 0. The first-order chi connectivity index (χ1) is 15.3. The van der Waals surface area contributed by atoms with Gasteiger partial charge in [0, 0.05) is 37.2 Å². The third kappa shape index (κ3) is 4.35. The Hall–Kier alpha value is -3.30. The molecule has 0 spiro atoms. The molecule has 0 aromatic heterocycles. The lowest BCUT2D eigenvalue weighted by molar-refractivity contribution is -0.384. The molecule has 1 N–H and O–H groups in total. The lowest BCUT2D eigenvalue weighted by Gasteiger charge is -2.34. The minimum Gasteiger partial charge on any atom is -0.353 e. The maximum absolute atomic E-state index is 12.7. The molecule has 1 aromatic carbocycles. The summed E-state index contributed by atoms with van der Waals surface area (Å²) >= 11 is 0. The number of non-ortho nitro benzene ring substituents is 1. The summed E-state index contributed by atoms with van der Waals surface area (Å²) in [5.74, 6) is -1.48. The van der Waals surface area contributed by atoms with Crippen LogP contribution in [-0.2, 0) is 9.59 Å². The zero-order valence-electron chi connectivity index (χ0n) is 17.7. The highest BCUT2D eigenvalue weighted by atomic mass is 16.6. The summed E-state index contributed by atoms with van der Waals surface area (Å²) in [4.78, 5) is 63.1. The largest absolute Gasteiger partial charge is 0.353 e. The Morgan fingerprint density at radius 3 is 2.31 bits per heavy atom. The zero-order chi connectivity index (χ0) is 22.8. The van der Waals surface area contributed by atoms with Crippen LogP contribution < -0.4 is 5.32 Å². The van der Waals surface area contributed by atoms with Crippen LogP contribution in [0.4, 0.5) is 5.69 Å². The van der Waals surface area contributed by atoms with Crippen LogP contribution >= 0.6 is 0 Å². The molecule has 1 aliphatic carbocycles. The molecule has 2 fully saturated rings. The summed E-state index contributed by atoms with van der Waals surface area (Å²) in [6.07, 6.45) is 6.50. The molecule has 32 heavy (non-hydrogen) atoms. The van der Waals surface area contributed by atoms with Gasteiger partial charge in [0.05, 0.1) is 16.1 Å². The van der Waals surface area contributed by atoms with Crippen LogP contribution in [0.5, 0.6) is 0 Å². The maximum atomic E-state index is 12.7. The van der Waals surface area contributed by atoms with Gasteiger partial charge in [-0.2, -0.15) is 0 Å². The van der Waals surface area contributed by atoms with Crippen LogP contribution in [0.3, 0.4) is 0 Å². The van der Waals surface area contributed by atoms with Crippen molar-refractivity contribution in [3.05, 3.63) is 39.4 Å². The van der Waals surface area contributed by atoms with E-state index in [0.29, 0.717) is 25.9 Å². The fourth-order valence-electron chi connectivity index (χ4n) is 4.73. The Morgan fingerprint density at radius 2 is 1.66 bits per heavy atom. The molecular weight excluding hydrogens is 416 g/mol. The first-order valence-electron chi connectivity index (χ1n) is 11.1. The number of nitro benzene ring substituents is 1. The van der Waals surface area contributed by atoms with Crippen molar-refractivity contribution in [2.75, 3.05) is 19.6 Å². The third-order valence-electron chi connectivity index (χ3n) is 6.63. The van der Waals surface area contributed by atoms with Gasteiger partial charge in [-0.25, -0.2) is 0 Å². The van der Waals surface area contributed by atoms with Crippen molar-refractivity contribution in [2.45, 2.75) is 51.0 Å². The van der Waals surface area contributed by atoms with E-state index in [4.69, 9.17) is 0 Å². The highest BCUT2D eigenvalue weighted by Gasteiger charge is 2.39. The predicted molar refractivity (Wildman–Crippen MR) is 113 cm³/mol. The fourth-order valence-corrected chi connectivity index (χ4v) is 4.73. The second-order valence-corrected chi connectivity index (χ2v) is 8.68. The number of carbonyl (C=O) groups excluding carboxylic acids is 4. The van der Waals surface area contributed by atoms with Gasteiger partial charge in [0.15, 0.2) is 0 Å². The quantitative estimate of drug-likeness (QED) is 0.421. The third-order valence-corrected chi connectivity index (χ3v) is 6.63. The number of imide groups is 1.